The van der Waals surface area contributed by atoms with Crippen molar-refractivity contribution >= 4 is 39.5 Å². The number of hydrogen-bond acceptors (Lipinski definition) is 15. The Morgan fingerprint density at radius 3 is 0.789 bits per heavy atom. The Balaban J connectivity index is 5.16. The average Bonchev–Trinajstić information content (AvgIpc) is 3.33. The normalized spacial score (nSPS) is 14.4. The van der Waals surface area contributed by atoms with Crippen LogP contribution in [0, 0.1) is 5.92 Å². The molecule has 0 saturated heterocycles. The zero-order valence-electron chi connectivity index (χ0n) is 58.3. The number of aliphatic hydroxyl groups is 1. The van der Waals surface area contributed by atoms with Crippen LogP contribution in [0.3, 0.4) is 0 Å². The fraction of sp³-hybridized carbons (Fsp3) is 0.944. The van der Waals surface area contributed by atoms with E-state index in [0.717, 1.165) is 102 Å². The third kappa shape index (κ3) is 63.5. The van der Waals surface area contributed by atoms with Crippen molar-refractivity contribution in [2.75, 3.05) is 39.6 Å². The van der Waals surface area contributed by atoms with Gasteiger partial charge >= 0.3 is 39.5 Å². The van der Waals surface area contributed by atoms with Crippen molar-refractivity contribution in [2.24, 2.45) is 5.92 Å². The maximum Gasteiger partial charge on any atom is 0.472 e. The number of phosphoric ester groups is 2. The minimum atomic E-state index is -4.95. The van der Waals surface area contributed by atoms with Crippen LogP contribution in [0.15, 0.2) is 0 Å². The minimum Gasteiger partial charge on any atom is -0.462 e. The first-order chi connectivity index (χ1) is 43.6. The molecule has 0 aliphatic carbocycles. The van der Waals surface area contributed by atoms with Crippen LogP contribution in [0.4, 0.5) is 0 Å². The number of unbranched alkanes of at least 4 members (excludes halogenated alkanes) is 42. The quantitative estimate of drug-likeness (QED) is 0.0222. The van der Waals surface area contributed by atoms with Gasteiger partial charge in [-0.1, -0.05) is 317 Å². The van der Waals surface area contributed by atoms with Crippen molar-refractivity contribution < 1.29 is 80.2 Å². The van der Waals surface area contributed by atoms with Crippen molar-refractivity contribution in [1.29, 1.82) is 0 Å². The maximum atomic E-state index is 13.0. The van der Waals surface area contributed by atoms with E-state index in [0.29, 0.717) is 25.7 Å². The third-order valence-corrected chi connectivity index (χ3v) is 18.8. The molecule has 90 heavy (non-hydrogen) atoms. The van der Waals surface area contributed by atoms with Crippen LogP contribution in [0.1, 0.15) is 369 Å². The summed E-state index contributed by atoms with van der Waals surface area (Å²) in [4.78, 5) is 72.5. The third-order valence-electron chi connectivity index (χ3n) is 16.9. The average molecular weight is 1330 g/mol. The summed E-state index contributed by atoms with van der Waals surface area (Å²) in [6.07, 6.45) is 51.4. The summed E-state index contributed by atoms with van der Waals surface area (Å²) < 4.78 is 68.2. The van der Waals surface area contributed by atoms with Gasteiger partial charge in [0.15, 0.2) is 12.2 Å². The molecule has 0 amide bonds. The van der Waals surface area contributed by atoms with Crippen molar-refractivity contribution in [3.63, 3.8) is 0 Å². The van der Waals surface area contributed by atoms with Crippen molar-refractivity contribution in [3.8, 4) is 0 Å². The van der Waals surface area contributed by atoms with Gasteiger partial charge in [-0.3, -0.25) is 37.3 Å². The Hall–Kier alpha value is -1.94. The van der Waals surface area contributed by atoms with Gasteiger partial charge in [-0.15, -0.1) is 0 Å². The lowest BCUT2D eigenvalue weighted by atomic mass is 10.00. The molecule has 6 atom stereocenters. The first kappa shape index (κ1) is 88.1. The lowest BCUT2D eigenvalue weighted by Gasteiger charge is -2.21. The second-order valence-corrected chi connectivity index (χ2v) is 28.8. The molecule has 0 aromatic carbocycles. The van der Waals surface area contributed by atoms with Gasteiger partial charge in [0.05, 0.1) is 26.4 Å². The van der Waals surface area contributed by atoms with Gasteiger partial charge < -0.3 is 33.8 Å². The molecule has 0 aliphatic heterocycles. The molecule has 0 saturated carbocycles. The molecule has 0 rings (SSSR count). The smallest absolute Gasteiger partial charge is 0.462 e. The second kappa shape index (κ2) is 64.4. The molecule has 0 aromatic rings. The van der Waals surface area contributed by atoms with E-state index >= 15 is 0 Å². The van der Waals surface area contributed by atoms with Crippen LogP contribution in [0.2, 0.25) is 0 Å². The number of rotatable bonds is 71. The van der Waals surface area contributed by atoms with E-state index in [2.05, 4.69) is 34.6 Å². The van der Waals surface area contributed by atoms with Gasteiger partial charge in [0, 0.05) is 25.7 Å². The maximum absolute atomic E-state index is 13.0. The number of carbonyl (C=O) groups is 4. The molecular formula is C71H138O17P2. The van der Waals surface area contributed by atoms with Crippen molar-refractivity contribution in [3.05, 3.63) is 0 Å². The molecular weight excluding hydrogens is 1190 g/mol. The number of ether oxygens (including phenoxy) is 4. The van der Waals surface area contributed by atoms with Crippen LogP contribution < -0.4 is 0 Å². The van der Waals surface area contributed by atoms with E-state index in [1.807, 2.05) is 0 Å². The highest BCUT2D eigenvalue weighted by Gasteiger charge is 2.30. The SMILES string of the molecule is CCCCCCCCCCCCCCCCCCCCCCC(=O)O[C@H](COC(=O)CCCCCCCCC(C)CC)COP(=O)(O)OC[C@@H](O)COP(=O)(O)OC[C@@H](COC(=O)CCCCCCCCCCCC)OC(=O)CCCCCCCCCCCC. The molecule has 3 unspecified atom stereocenters. The Labute approximate surface area is 549 Å². The minimum absolute atomic E-state index is 0.107. The summed E-state index contributed by atoms with van der Waals surface area (Å²) in [6, 6.07) is 0. The van der Waals surface area contributed by atoms with Crippen LogP contribution in [-0.2, 0) is 65.4 Å². The van der Waals surface area contributed by atoms with Crippen LogP contribution in [-0.4, -0.2) is 96.7 Å². The number of phosphoric acid groups is 2. The molecule has 0 bridgehead atoms. The molecule has 0 aromatic heterocycles. The zero-order chi connectivity index (χ0) is 66.3. The van der Waals surface area contributed by atoms with E-state index in [4.69, 9.17) is 37.0 Å². The second-order valence-electron chi connectivity index (χ2n) is 25.9. The van der Waals surface area contributed by atoms with Gasteiger partial charge in [-0.2, -0.15) is 0 Å². The molecule has 534 valence electrons. The van der Waals surface area contributed by atoms with E-state index < -0.39 is 97.5 Å². The Kier molecular flexibility index (Phi) is 63.0. The predicted octanol–water partition coefficient (Wildman–Crippen LogP) is 20.5. The summed E-state index contributed by atoms with van der Waals surface area (Å²) in [6.45, 7) is 7.19. The highest BCUT2D eigenvalue weighted by Crippen LogP contribution is 2.45. The molecule has 0 fully saturated rings. The van der Waals surface area contributed by atoms with Gasteiger partial charge in [-0.25, -0.2) is 9.13 Å². The fourth-order valence-corrected chi connectivity index (χ4v) is 12.4. The van der Waals surface area contributed by atoms with Crippen molar-refractivity contribution in [2.45, 2.75) is 387 Å². The highest BCUT2D eigenvalue weighted by atomic mass is 31.2. The van der Waals surface area contributed by atoms with Crippen LogP contribution in [0.25, 0.3) is 0 Å². The molecule has 17 nitrogen and oxygen atoms in total. The van der Waals surface area contributed by atoms with E-state index in [1.54, 1.807) is 0 Å². The summed E-state index contributed by atoms with van der Waals surface area (Å²) in [5.41, 5.74) is 0. The van der Waals surface area contributed by atoms with Crippen LogP contribution >= 0.6 is 15.6 Å². The lowest BCUT2D eigenvalue weighted by molar-refractivity contribution is -0.161. The number of aliphatic hydroxyl groups excluding tert-OH is 1. The first-order valence-corrected chi connectivity index (χ1v) is 40.2. The summed E-state index contributed by atoms with van der Waals surface area (Å²) in [5.74, 6) is -1.39. The molecule has 0 aliphatic rings. The highest BCUT2D eigenvalue weighted by molar-refractivity contribution is 7.47. The molecule has 0 radical (unpaired) electrons. The number of hydrogen-bond donors (Lipinski definition) is 3. The van der Waals surface area contributed by atoms with E-state index in [-0.39, 0.29) is 25.7 Å². The number of esters is 4. The first-order valence-electron chi connectivity index (χ1n) is 37.2. The largest absolute Gasteiger partial charge is 0.472 e. The lowest BCUT2D eigenvalue weighted by Crippen LogP contribution is -2.30. The van der Waals surface area contributed by atoms with Gasteiger partial charge in [0.1, 0.15) is 19.3 Å². The monoisotopic (exact) mass is 1320 g/mol. The molecule has 19 heteroatoms. The van der Waals surface area contributed by atoms with Gasteiger partial charge in [0.2, 0.25) is 0 Å². The molecule has 3 N–H and O–H groups in total. The zero-order valence-corrected chi connectivity index (χ0v) is 60.1. The fourth-order valence-electron chi connectivity index (χ4n) is 10.8. The molecule has 0 heterocycles. The summed E-state index contributed by atoms with van der Waals surface area (Å²) >= 11 is 0. The van der Waals surface area contributed by atoms with Gasteiger partial charge in [0.25, 0.3) is 0 Å². The summed E-state index contributed by atoms with van der Waals surface area (Å²) in [5, 5.41) is 10.6. The van der Waals surface area contributed by atoms with Crippen molar-refractivity contribution in [1.82, 2.24) is 0 Å². The Bertz CT molecular complexity index is 1740. The van der Waals surface area contributed by atoms with E-state index in [1.165, 1.54) is 186 Å². The van der Waals surface area contributed by atoms with Crippen LogP contribution in [0.5, 0.6) is 0 Å². The predicted molar refractivity (Wildman–Crippen MR) is 363 cm³/mol. The standard InChI is InChI=1S/C71H138O17P2/c1-6-10-13-16-19-22-25-26-27-28-29-30-31-32-33-34-37-40-47-52-57-71(76)88-67(61-82-69(74)55-50-45-42-41-43-48-53-64(5)9-4)63-86-90(79,80)84-59-65(72)58-83-89(77,78)85-62-66(87-70(75)56-51-46-39-36-24-21-18-15-12-8-3)60-81-68(73)54-49-44-38-35-23-20-17-14-11-7-2/h64-67,72H,6-63H2,1-5H3,(H,77,78)(H,79,80)/t64?,65-,66+,67+/m0/s1. The van der Waals surface area contributed by atoms with E-state index in [9.17, 15) is 43.2 Å². The summed E-state index contributed by atoms with van der Waals surface area (Å²) in [7, 11) is -9.90. The number of carbonyl (C=O) groups excluding carboxylic acids is 4. The topological polar surface area (TPSA) is 237 Å². The molecule has 0 spiro atoms. The Morgan fingerprint density at radius 2 is 0.533 bits per heavy atom. The van der Waals surface area contributed by atoms with Gasteiger partial charge in [-0.05, 0) is 31.6 Å². The Morgan fingerprint density at radius 1 is 0.311 bits per heavy atom.